The van der Waals surface area contributed by atoms with Crippen molar-refractivity contribution in [2.75, 3.05) is 0 Å². The normalized spacial score (nSPS) is 15.4. The second-order valence-corrected chi connectivity index (χ2v) is 4.81. The molecule has 0 bridgehead atoms. The molecule has 2 unspecified atom stereocenters. The second kappa shape index (κ2) is 5.06. The van der Waals surface area contributed by atoms with Gasteiger partial charge in [0.05, 0.1) is 11.5 Å². The lowest BCUT2D eigenvalue weighted by Crippen LogP contribution is -2.26. The molecule has 2 aromatic carbocycles. The molecule has 1 heteroatoms. The van der Waals surface area contributed by atoms with E-state index < -0.39 is 5.41 Å². The second-order valence-electron chi connectivity index (χ2n) is 4.81. The molecule has 0 aliphatic heterocycles. The van der Waals surface area contributed by atoms with Gasteiger partial charge in [-0.3, -0.25) is 0 Å². The SMILES string of the molecule is CC(c1ccccc1)C(C)(C#N)c1ccccc1. The Balaban J connectivity index is 2.43. The fourth-order valence-corrected chi connectivity index (χ4v) is 2.27. The molecule has 2 aromatic rings. The molecule has 0 aromatic heterocycles. The van der Waals surface area contributed by atoms with E-state index in [1.54, 1.807) is 0 Å². The highest BCUT2D eigenvalue weighted by atomic mass is 14.4. The highest BCUT2D eigenvalue weighted by Gasteiger charge is 2.33. The van der Waals surface area contributed by atoms with Crippen LogP contribution in [0.5, 0.6) is 0 Å². The maximum Gasteiger partial charge on any atom is 0.0859 e. The van der Waals surface area contributed by atoms with Crippen molar-refractivity contribution >= 4 is 0 Å². The third-order valence-corrected chi connectivity index (χ3v) is 3.77. The van der Waals surface area contributed by atoms with E-state index >= 15 is 0 Å². The van der Waals surface area contributed by atoms with Crippen LogP contribution in [0.1, 0.15) is 30.9 Å². The molecule has 0 saturated heterocycles. The Hall–Kier alpha value is -2.07. The largest absolute Gasteiger partial charge is 0.197 e. The number of hydrogen-bond donors (Lipinski definition) is 0. The minimum Gasteiger partial charge on any atom is -0.197 e. The van der Waals surface area contributed by atoms with Crippen molar-refractivity contribution in [3.05, 3.63) is 71.8 Å². The van der Waals surface area contributed by atoms with E-state index in [0.29, 0.717) is 0 Å². The van der Waals surface area contributed by atoms with Gasteiger partial charge < -0.3 is 0 Å². The Morgan fingerprint density at radius 1 is 0.944 bits per heavy atom. The third-order valence-electron chi connectivity index (χ3n) is 3.77. The summed E-state index contributed by atoms with van der Waals surface area (Å²) in [6.07, 6.45) is 0. The van der Waals surface area contributed by atoms with Crippen LogP contribution in [0.25, 0.3) is 0 Å². The molecular weight excluding hydrogens is 218 g/mol. The van der Waals surface area contributed by atoms with Gasteiger partial charge in [0.15, 0.2) is 0 Å². The zero-order valence-electron chi connectivity index (χ0n) is 10.8. The topological polar surface area (TPSA) is 23.8 Å². The molecule has 0 amide bonds. The van der Waals surface area contributed by atoms with Crippen LogP contribution in [-0.4, -0.2) is 0 Å². The van der Waals surface area contributed by atoms with Gasteiger partial charge in [0.25, 0.3) is 0 Å². The van der Waals surface area contributed by atoms with Crippen molar-refractivity contribution in [1.82, 2.24) is 0 Å². The fourth-order valence-electron chi connectivity index (χ4n) is 2.27. The number of benzene rings is 2. The first-order valence-electron chi connectivity index (χ1n) is 6.20. The Morgan fingerprint density at radius 2 is 1.44 bits per heavy atom. The standard InChI is InChI=1S/C17H17N/c1-14(15-9-5-3-6-10-15)17(2,13-18)16-11-7-4-8-12-16/h3-12,14H,1-2H3. The molecular formula is C17H17N. The van der Waals surface area contributed by atoms with Crippen LogP contribution in [0.4, 0.5) is 0 Å². The van der Waals surface area contributed by atoms with Crippen molar-refractivity contribution < 1.29 is 0 Å². The Labute approximate surface area is 109 Å². The zero-order valence-corrected chi connectivity index (χ0v) is 10.8. The van der Waals surface area contributed by atoms with Crippen molar-refractivity contribution in [2.24, 2.45) is 0 Å². The quantitative estimate of drug-likeness (QED) is 0.779. The number of nitrogens with zero attached hydrogens (tertiary/aromatic N) is 1. The summed E-state index contributed by atoms with van der Waals surface area (Å²) in [4.78, 5) is 0. The smallest absolute Gasteiger partial charge is 0.0859 e. The van der Waals surface area contributed by atoms with Crippen molar-refractivity contribution in [3.8, 4) is 6.07 Å². The lowest BCUT2D eigenvalue weighted by atomic mass is 9.71. The molecule has 0 aliphatic carbocycles. The van der Waals surface area contributed by atoms with E-state index in [-0.39, 0.29) is 5.92 Å². The summed E-state index contributed by atoms with van der Waals surface area (Å²) in [6.45, 7) is 4.13. The molecule has 0 saturated carbocycles. The lowest BCUT2D eigenvalue weighted by Gasteiger charge is -2.29. The fraction of sp³-hybridized carbons (Fsp3) is 0.235. The number of hydrogen-bond acceptors (Lipinski definition) is 1. The Bertz CT molecular complexity index is 539. The van der Waals surface area contributed by atoms with Crippen LogP contribution in [0.3, 0.4) is 0 Å². The predicted molar refractivity (Wildman–Crippen MR) is 74.3 cm³/mol. The molecule has 90 valence electrons. The van der Waals surface area contributed by atoms with E-state index in [2.05, 4.69) is 25.1 Å². The van der Waals surface area contributed by atoms with E-state index in [1.807, 2.05) is 55.5 Å². The number of nitriles is 1. The van der Waals surface area contributed by atoms with Gasteiger partial charge in [0.2, 0.25) is 0 Å². The first-order chi connectivity index (χ1) is 8.68. The van der Waals surface area contributed by atoms with Gasteiger partial charge in [0.1, 0.15) is 0 Å². The van der Waals surface area contributed by atoms with Gasteiger partial charge in [0, 0.05) is 5.92 Å². The van der Waals surface area contributed by atoms with Gasteiger partial charge in [-0.05, 0) is 18.1 Å². The van der Waals surface area contributed by atoms with Crippen LogP contribution < -0.4 is 0 Å². The summed E-state index contributed by atoms with van der Waals surface area (Å²) in [5.74, 6) is 0.158. The summed E-state index contributed by atoms with van der Waals surface area (Å²) in [5, 5.41) is 9.62. The summed E-state index contributed by atoms with van der Waals surface area (Å²) in [5.41, 5.74) is 1.78. The van der Waals surface area contributed by atoms with Gasteiger partial charge in [-0.25, -0.2) is 0 Å². The third kappa shape index (κ3) is 2.15. The highest BCUT2D eigenvalue weighted by Crippen LogP contribution is 2.37. The minimum absolute atomic E-state index is 0.158. The monoisotopic (exact) mass is 235 g/mol. The lowest BCUT2D eigenvalue weighted by molar-refractivity contribution is 0.504. The summed E-state index contributed by atoms with van der Waals surface area (Å²) >= 11 is 0. The molecule has 2 rings (SSSR count). The van der Waals surface area contributed by atoms with Gasteiger partial charge in [-0.2, -0.15) is 5.26 Å². The molecule has 0 aliphatic rings. The highest BCUT2D eigenvalue weighted by molar-refractivity contribution is 5.38. The van der Waals surface area contributed by atoms with Gasteiger partial charge in [-0.1, -0.05) is 67.6 Å². The molecule has 0 spiro atoms. The maximum atomic E-state index is 9.62. The average molecular weight is 235 g/mol. The van der Waals surface area contributed by atoms with Crippen molar-refractivity contribution in [2.45, 2.75) is 25.2 Å². The molecule has 0 fully saturated rings. The van der Waals surface area contributed by atoms with E-state index in [1.165, 1.54) is 5.56 Å². The number of rotatable bonds is 3. The van der Waals surface area contributed by atoms with E-state index in [0.717, 1.165) is 5.56 Å². The molecule has 2 atom stereocenters. The van der Waals surface area contributed by atoms with Gasteiger partial charge >= 0.3 is 0 Å². The van der Waals surface area contributed by atoms with Crippen LogP contribution in [0.15, 0.2) is 60.7 Å². The van der Waals surface area contributed by atoms with Crippen LogP contribution >= 0.6 is 0 Å². The molecule has 0 N–H and O–H groups in total. The Morgan fingerprint density at radius 3 is 1.94 bits per heavy atom. The van der Waals surface area contributed by atoms with Crippen molar-refractivity contribution in [3.63, 3.8) is 0 Å². The first-order valence-corrected chi connectivity index (χ1v) is 6.20. The zero-order chi connectivity index (χ0) is 13.0. The molecule has 18 heavy (non-hydrogen) atoms. The van der Waals surface area contributed by atoms with Crippen LogP contribution in [0, 0.1) is 11.3 Å². The average Bonchev–Trinajstić information content (AvgIpc) is 2.47. The maximum absolute atomic E-state index is 9.62. The molecule has 0 heterocycles. The first kappa shape index (κ1) is 12.4. The van der Waals surface area contributed by atoms with Crippen LogP contribution in [0.2, 0.25) is 0 Å². The van der Waals surface area contributed by atoms with E-state index in [9.17, 15) is 5.26 Å². The van der Waals surface area contributed by atoms with E-state index in [4.69, 9.17) is 0 Å². The van der Waals surface area contributed by atoms with Crippen molar-refractivity contribution in [1.29, 1.82) is 5.26 Å². The molecule has 1 nitrogen and oxygen atoms in total. The minimum atomic E-state index is -0.497. The predicted octanol–water partition coefficient (Wildman–Crippen LogP) is 4.27. The molecule has 0 radical (unpaired) electrons. The Kier molecular flexibility index (Phi) is 3.48. The van der Waals surface area contributed by atoms with Crippen LogP contribution in [-0.2, 0) is 5.41 Å². The summed E-state index contributed by atoms with van der Waals surface area (Å²) < 4.78 is 0. The summed E-state index contributed by atoms with van der Waals surface area (Å²) in [6, 6.07) is 22.7. The van der Waals surface area contributed by atoms with Gasteiger partial charge in [-0.15, -0.1) is 0 Å². The summed E-state index contributed by atoms with van der Waals surface area (Å²) in [7, 11) is 0.